The SMILES string of the molecule is CCOC(=O)CC(Cc1ccc(OC)cc1)[Si](C)(C)C. The minimum Gasteiger partial charge on any atom is -0.497 e. The molecule has 1 aromatic carbocycles. The maximum absolute atomic E-state index is 11.8. The molecule has 1 atom stereocenters. The molecule has 0 N–H and O–H groups in total. The number of carbonyl (C=O) groups is 1. The zero-order valence-electron chi connectivity index (χ0n) is 13.2. The van der Waals surface area contributed by atoms with Crippen molar-refractivity contribution in [3.05, 3.63) is 29.8 Å². The van der Waals surface area contributed by atoms with E-state index in [9.17, 15) is 4.79 Å². The highest BCUT2D eigenvalue weighted by molar-refractivity contribution is 6.77. The molecule has 0 bridgehead atoms. The highest BCUT2D eigenvalue weighted by Gasteiger charge is 2.29. The van der Waals surface area contributed by atoms with Crippen LogP contribution < -0.4 is 4.74 Å². The standard InChI is InChI=1S/C16H26O3Si/c1-6-19-16(17)12-15(20(3,4)5)11-13-7-9-14(18-2)10-8-13/h7-10,15H,6,11-12H2,1-5H3. The van der Waals surface area contributed by atoms with Crippen LogP contribution in [0.5, 0.6) is 5.75 Å². The predicted molar refractivity (Wildman–Crippen MR) is 85.0 cm³/mol. The van der Waals surface area contributed by atoms with Crippen molar-refractivity contribution in [3.8, 4) is 5.75 Å². The van der Waals surface area contributed by atoms with Gasteiger partial charge >= 0.3 is 5.97 Å². The van der Waals surface area contributed by atoms with Gasteiger partial charge in [0, 0.05) is 14.5 Å². The third-order valence-corrected chi connectivity index (χ3v) is 6.44. The maximum atomic E-state index is 11.8. The van der Waals surface area contributed by atoms with Crippen LogP contribution in [0.1, 0.15) is 18.9 Å². The highest BCUT2D eigenvalue weighted by atomic mass is 28.3. The van der Waals surface area contributed by atoms with E-state index >= 15 is 0 Å². The lowest BCUT2D eigenvalue weighted by Crippen LogP contribution is -2.31. The van der Waals surface area contributed by atoms with E-state index in [4.69, 9.17) is 9.47 Å². The molecular weight excluding hydrogens is 268 g/mol. The average Bonchev–Trinajstić information content (AvgIpc) is 2.38. The van der Waals surface area contributed by atoms with E-state index in [0.717, 1.165) is 12.2 Å². The average molecular weight is 294 g/mol. The third kappa shape index (κ3) is 5.37. The summed E-state index contributed by atoms with van der Waals surface area (Å²) in [5.74, 6) is 0.789. The summed E-state index contributed by atoms with van der Waals surface area (Å²) in [7, 11) is 0.252. The summed E-state index contributed by atoms with van der Waals surface area (Å²) < 4.78 is 10.3. The van der Waals surface area contributed by atoms with Crippen molar-refractivity contribution in [2.24, 2.45) is 0 Å². The zero-order valence-corrected chi connectivity index (χ0v) is 14.2. The van der Waals surface area contributed by atoms with E-state index in [-0.39, 0.29) is 5.97 Å². The zero-order chi connectivity index (χ0) is 15.2. The summed E-state index contributed by atoms with van der Waals surface area (Å²) in [5.41, 5.74) is 1.65. The van der Waals surface area contributed by atoms with Gasteiger partial charge in [-0.3, -0.25) is 4.79 Å². The van der Waals surface area contributed by atoms with Gasteiger partial charge in [0.25, 0.3) is 0 Å². The molecule has 0 spiro atoms. The molecule has 1 rings (SSSR count). The van der Waals surface area contributed by atoms with Gasteiger partial charge in [0.15, 0.2) is 0 Å². The van der Waals surface area contributed by atoms with Gasteiger partial charge in [0.05, 0.1) is 13.7 Å². The largest absolute Gasteiger partial charge is 0.497 e. The lowest BCUT2D eigenvalue weighted by molar-refractivity contribution is -0.143. The minimum atomic E-state index is -1.42. The fourth-order valence-electron chi connectivity index (χ4n) is 2.15. The molecule has 0 aromatic heterocycles. The monoisotopic (exact) mass is 294 g/mol. The van der Waals surface area contributed by atoms with Crippen molar-refractivity contribution in [2.75, 3.05) is 13.7 Å². The van der Waals surface area contributed by atoms with E-state index < -0.39 is 8.07 Å². The van der Waals surface area contributed by atoms with E-state index in [1.54, 1.807) is 7.11 Å². The summed E-state index contributed by atoms with van der Waals surface area (Å²) in [4.78, 5) is 11.8. The van der Waals surface area contributed by atoms with Gasteiger partial charge < -0.3 is 9.47 Å². The van der Waals surface area contributed by atoms with E-state index in [2.05, 4.69) is 31.8 Å². The Labute approximate surface area is 123 Å². The maximum Gasteiger partial charge on any atom is 0.305 e. The molecule has 0 heterocycles. The van der Waals surface area contributed by atoms with Crippen LogP contribution in [-0.2, 0) is 16.0 Å². The van der Waals surface area contributed by atoms with Gasteiger partial charge in [-0.15, -0.1) is 0 Å². The molecule has 0 aliphatic heterocycles. The molecule has 3 nitrogen and oxygen atoms in total. The Morgan fingerprint density at radius 2 is 1.80 bits per heavy atom. The Hall–Kier alpha value is -1.29. The normalized spacial score (nSPS) is 12.8. The first-order valence-electron chi connectivity index (χ1n) is 7.15. The van der Waals surface area contributed by atoms with E-state index in [0.29, 0.717) is 18.6 Å². The Kier molecular flexibility index (Phi) is 6.27. The first-order chi connectivity index (χ1) is 9.36. The minimum absolute atomic E-state index is 0.0755. The van der Waals surface area contributed by atoms with Gasteiger partial charge in [0.1, 0.15) is 5.75 Å². The van der Waals surface area contributed by atoms with E-state index in [1.807, 2.05) is 19.1 Å². The summed E-state index contributed by atoms with van der Waals surface area (Å²) in [6, 6.07) is 8.11. The molecule has 1 aromatic rings. The molecule has 4 heteroatoms. The summed E-state index contributed by atoms with van der Waals surface area (Å²) >= 11 is 0. The van der Waals surface area contributed by atoms with Crippen molar-refractivity contribution >= 4 is 14.0 Å². The quantitative estimate of drug-likeness (QED) is 0.565. The molecule has 112 valence electrons. The second kappa shape index (κ2) is 7.48. The van der Waals surface area contributed by atoms with Crippen LogP contribution >= 0.6 is 0 Å². The smallest absolute Gasteiger partial charge is 0.305 e. The van der Waals surface area contributed by atoms with Crippen LogP contribution in [0.3, 0.4) is 0 Å². The molecule has 20 heavy (non-hydrogen) atoms. The Morgan fingerprint density at radius 3 is 2.25 bits per heavy atom. The molecular formula is C16H26O3Si. The number of esters is 1. The highest BCUT2D eigenvalue weighted by Crippen LogP contribution is 2.30. The number of carbonyl (C=O) groups excluding carboxylic acids is 1. The number of hydrogen-bond acceptors (Lipinski definition) is 3. The summed E-state index contributed by atoms with van der Waals surface area (Å²) in [5, 5.41) is 0. The number of rotatable bonds is 7. The molecule has 0 saturated carbocycles. The Bertz CT molecular complexity index is 420. The lowest BCUT2D eigenvalue weighted by Gasteiger charge is -2.28. The number of hydrogen-bond donors (Lipinski definition) is 0. The number of methoxy groups -OCH3 is 1. The first kappa shape index (κ1) is 16.8. The van der Waals surface area contributed by atoms with Crippen LogP contribution in [0.15, 0.2) is 24.3 Å². The molecule has 0 saturated heterocycles. The Morgan fingerprint density at radius 1 is 1.20 bits per heavy atom. The fourth-order valence-corrected chi connectivity index (χ4v) is 3.78. The number of ether oxygens (including phenoxy) is 2. The van der Waals surface area contributed by atoms with Gasteiger partial charge in [0.2, 0.25) is 0 Å². The molecule has 0 amide bonds. The van der Waals surface area contributed by atoms with Gasteiger partial charge in [-0.05, 0) is 36.6 Å². The van der Waals surface area contributed by atoms with Crippen LogP contribution in [0.25, 0.3) is 0 Å². The van der Waals surface area contributed by atoms with E-state index in [1.165, 1.54) is 5.56 Å². The second-order valence-corrected chi connectivity index (χ2v) is 11.7. The third-order valence-electron chi connectivity index (χ3n) is 3.58. The summed E-state index contributed by atoms with van der Waals surface area (Å²) in [6.45, 7) is 9.23. The van der Waals surface area contributed by atoms with Crippen molar-refractivity contribution < 1.29 is 14.3 Å². The first-order valence-corrected chi connectivity index (χ1v) is 10.7. The van der Waals surface area contributed by atoms with Gasteiger partial charge in [-0.25, -0.2) is 0 Å². The molecule has 0 radical (unpaired) electrons. The van der Waals surface area contributed by atoms with Crippen LogP contribution in [0.4, 0.5) is 0 Å². The van der Waals surface area contributed by atoms with Crippen molar-refractivity contribution in [1.29, 1.82) is 0 Å². The number of benzene rings is 1. The van der Waals surface area contributed by atoms with Crippen LogP contribution in [0.2, 0.25) is 25.2 Å². The van der Waals surface area contributed by atoms with Crippen LogP contribution in [-0.4, -0.2) is 27.8 Å². The molecule has 0 aliphatic rings. The fraction of sp³-hybridized carbons (Fsp3) is 0.562. The molecule has 0 fully saturated rings. The van der Waals surface area contributed by atoms with Crippen LogP contribution in [0, 0.1) is 0 Å². The van der Waals surface area contributed by atoms with Gasteiger partial charge in [-0.1, -0.05) is 31.8 Å². The van der Waals surface area contributed by atoms with Crippen molar-refractivity contribution in [2.45, 2.75) is 44.9 Å². The lowest BCUT2D eigenvalue weighted by atomic mass is 10.1. The van der Waals surface area contributed by atoms with Crippen molar-refractivity contribution in [1.82, 2.24) is 0 Å². The second-order valence-electron chi connectivity index (χ2n) is 6.12. The topological polar surface area (TPSA) is 35.5 Å². The summed E-state index contributed by atoms with van der Waals surface area (Å²) in [6.07, 6.45) is 1.45. The molecule has 0 aliphatic carbocycles. The predicted octanol–water partition coefficient (Wildman–Crippen LogP) is 3.90. The van der Waals surface area contributed by atoms with Crippen molar-refractivity contribution in [3.63, 3.8) is 0 Å². The Balaban J connectivity index is 2.76. The molecule has 1 unspecified atom stereocenters. The van der Waals surface area contributed by atoms with Gasteiger partial charge in [-0.2, -0.15) is 0 Å².